The molecule has 0 saturated carbocycles. The Morgan fingerprint density at radius 1 is 0.938 bits per heavy atom. The molecule has 0 aliphatic heterocycles. The van der Waals surface area contributed by atoms with Gasteiger partial charge < -0.3 is 8.83 Å². The van der Waals surface area contributed by atoms with E-state index in [1.807, 2.05) is 6.07 Å². The Balaban J connectivity index is -0.000000381. The summed E-state index contributed by atoms with van der Waals surface area (Å²) in [6, 6.07) is 3.58. The van der Waals surface area contributed by atoms with Crippen molar-refractivity contribution in [1.29, 1.82) is 0 Å². The van der Waals surface area contributed by atoms with Crippen LogP contribution in [0.3, 0.4) is 0 Å². The van der Waals surface area contributed by atoms with E-state index in [0.717, 1.165) is 47.5 Å². The van der Waals surface area contributed by atoms with Gasteiger partial charge in [-0.2, -0.15) is 0 Å². The Morgan fingerprint density at radius 3 is 1.78 bits per heavy atom. The van der Waals surface area contributed by atoms with Gasteiger partial charge in [0.25, 0.3) is 0 Å². The first-order chi connectivity index (χ1) is 14.6. The van der Waals surface area contributed by atoms with E-state index >= 15 is 0 Å². The summed E-state index contributed by atoms with van der Waals surface area (Å²) in [5.41, 5.74) is 0. The minimum Gasteiger partial charge on any atom is -0.471 e. The summed E-state index contributed by atoms with van der Waals surface area (Å²) < 4.78 is 11.5. The van der Waals surface area contributed by atoms with Crippen molar-refractivity contribution in [3.05, 3.63) is 45.6 Å². The third-order valence-corrected chi connectivity index (χ3v) is 4.61. The minimum atomic E-state index is -1.72. The number of rotatable bonds is 9. The molecular formula is C21H31AlBr2Cl4O4. The largest absolute Gasteiger partial charge is 0.643 e. The Hall–Kier alpha value is 0.552. The number of unbranched alkanes of at least 4 members (excludes halogenated alkanes) is 4. The summed E-state index contributed by atoms with van der Waals surface area (Å²) in [5.74, 6) is 0.543. The van der Waals surface area contributed by atoms with Crippen LogP contribution in [0.5, 0.6) is 0 Å². The Morgan fingerprint density at radius 2 is 1.47 bits per heavy atom. The van der Waals surface area contributed by atoms with E-state index in [9.17, 15) is 9.59 Å². The smallest absolute Gasteiger partial charge is 0.471 e. The van der Waals surface area contributed by atoms with Crippen LogP contribution in [0.1, 0.15) is 83.2 Å². The molecule has 184 valence electrons. The van der Waals surface area contributed by atoms with Crippen LogP contribution in [0.2, 0.25) is 0 Å². The number of carbonyl (C=O) groups excluding carboxylic acids is 2. The highest BCUT2D eigenvalue weighted by Crippen LogP contribution is 2.20. The molecule has 2 heterocycles. The standard InChI is InChI=1S/C10H13BrO2.C6H11ClO.C4H3BrO.CH4.Al.3ClH/c1-2-3-4-5-9(12)10-8(11)6-7-13-10;1-2-3-4-5-6(7)8;5-4-1-2-6-3-4;;;;;/h6-7H,2-5H2,1H3;2-5H2,1H3;1-3H;1H4;;3*1H/q;;;;+3;;;/p-3. The van der Waals surface area contributed by atoms with Crippen molar-refractivity contribution in [2.24, 2.45) is 0 Å². The third-order valence-electron chi connectivity index (χ3n) is 3.34. The van der Waals surface area contributed by atoms with Gasteiger partial charge in [-0.05, 0) is 68.4 Å². The number of furan rings is 2. The molecule has 32 heavy (non-hydrogen) atoms. The fourth-order valence-electron chi connectivity index (χ4n) is 1.90. The maximum absolute atomic E-state index is 11.5. The molecule has 0 aliphatic carbocycles. The van der Waals surface area contributed by atoms with Gasteiger partial charge in [0, 0.05) is 12.8 Å². The van der Waals surface area contributed by atoms with Gasteiger partial charge in [0.2, 0.25) is 5.24 Å². The number of hydrogen-bond acceptors (Lipinski definition) is 4. The van der Waals surface area contributed by atoms with E-state index < -0.39 is 11.4 Å². The lowest BCUT2D eigenvalue weighted by Crippen LogP contribution is -1.97. The Bertz CT molecular complexity index is 680. The van der Waals surface area contributed by atoms with Gasteiger partial charge in [0.15, 0.2) is 11.5 Å². The van der Waals surface area contributed by atoms with E-state index in [1.54, 1.807) is 18.6 Å². The quantitative estimate of drug-likeness (QED) is 0.115. The van der Waals surface area contributed by atoms with E-state index in [-0.39, 0.29) is 18.5 Å². The van der Waals surface area contributed by atoms with E-state index in [4.69, 9.17) is 46.2 Å². The second-order valence-electron chi connectivity index (χ2n) is 5.98. The Labute approximate surface area is 230 Å². The SMILES string of the molecule is Brc1ccoc1.C.CCCCCC(=O)Cl.CCCCCC(=O)c1occc1Br.[Cl][Al]([Cl])[Cl]. The van der Waals surface area contributed by atoms with Crippen LogP contribution >= 0.6 is 73.6 Å². The summed E-state index contributed by atoms with van der Waals surface area (Å²) in [5, 5.41) is -0.210. The van der Waals surface area contributed by atoms with Gasteiger partial charge in [-0.15, -0.1) is 0 Å². The maximum atomic E-state index is 11.5. The minimum absolute atomic E-state index is 0. The third kappa shape index (κ3) is 26.8. The van der Waals surface area contributed by atoms with Gasteiger partial charge in [-0.1, -0.05) is 47.0 Å². The number of halogens is 6. The highest BCUT2D eigenvalue weighted by atomic mass is 79.9. The van der Waals surface area contributed by atoms with Gasteiger partial charge in [-0.25, -0.2) is 30.1 Å². The summed E-state index contributed by atoms with van der Waals surface area (Å²) in [7, 11) is 14.8. The van der Waals surface area contributed by atoms with Crippen molar-refractivity contribution in [2.75, 3.05) is 0 Å². The summed E-state index contributed by atoms with van der Waals surface area (Å²) >= 11 is 9.80. The van der Waals surface area contributed by atoms with Crippen LogP contribution in [-0.4, -0.2) is 22.4 Å². The molecule has 4 nitrogen and oxygen atoms in total. The highest BCUT2D eigenvalue weighted by Gasteiger charge is 2.12. The average Bonchev–Trinajstić information content (AvgIpc) is 3.33. The molecule has 0 N–H and O–H groups in total. The van der Waals surface area contributed by atoms with Gasteiger partial charge in [-0.3, -0.25) is 9.59 Å². The van der Waals surface area contributed by atoms with Crippen LogP contribution in [0.25, 0.3) is 0 Å². The molecule has 2 rings (SSSR count). The lowest BCUT2D eigenvalue weighted by Gasteiger charge is -1.96. The van der Waals surface area contributed by atoms with Gasteiger partial charge >= 0.3 is 11.4 Å². The molecule has 0 atom stereocenters. The number of hydrogen-bond donors (Lipinski definition) is 0. The topological polar surface area (TPSA) is 60.4 Å². The zero-order chi connectivity index (χ0) is 24.1. The first-order valence-electron chi connectivity index (χ1n) is 9.70. The van der Waals surface area contributed by atoms with E-state index in [1.165, 1.54) is 6.26 Å². The zero-order valence-corrected chi connectivity index (χ0v) is 24.9. The van der Waals surface area contributed by atoms with Crippen LogP contribution in [-0.2, 0) is 4.79 Å². The van der Waals surface area contributed by atoms with Crippen LogP contribution in [0.15, 0.2) is 48.7 Å². The van der Waals surface area contributed by atoms with Crippen molar-refractivity contribution >= 4 is 96.0 Å². The molecule has 0 spiro atoms. The molecule has 0 radical (unpaired) electrons. The zero-order valence-electron chi connectivity index (χ0n) is 17.5. The molecule has 2 aromatic heterocycles. The Kier molecular flexibility index (Phi) is 30.3. The van der Waals surface area contributed by atoms with Crippen LogP contribution < -0.4 is 0 Å². The molecule has 0 saturated heterocycles. The molecule has 0 bridgehead atoms. The second-order valence-corrected chi connectivity index (χ2v) is 14.6. The van der Waals surface area contributed by atoms with Crippen molar-refractivity contribution in [3.8, 4) is 0 Å². The maximum Gasteiger partial charge on any atom is 0.643 e. The monoisotopic (exact) mass is 672 g/mol. The molecule has 0 unspecified atom stereocenters. The number of Topliss-reactive ketones (excluding diaryl/α,β-unsaturated/α-hetero) is 1. The molecule has 0 fully saturated rings. The number of carbonyl (C=O) groups is 2. The highest BCUT2D eigenvalue weighted by molar-refractivity contribution is 9.10. The lowest BCUT2D eigenvalue weighted by molar-refractivity contribution is -0.111. The predicted octanol–water partition coefficient (Wildman–Crippen LogP) is 10.5. The summed E-state index contributed by atoms with van der Waals surface area (Å²) in [4.78, 5) is 21.6. The average molecular weight is 676 g/mol. The first kappa shape index (κ1) is 37.1. The van der Waals surface area contributed by atoms with Crippen molar-refractivity contribution in [2.45, 2.75) is 72.6 Å². The molecule has 0 aliphatic rings. The normalized spacial score (nSPS) is 9.00. The fraction of sp³-hybridized carbons (Fsp3) is 0.524. The summed E-state index contributed by atoms with van der Waals surface area (Å²) in [6.45, 7) is 4.21. The van der Waals surface area contributed by atoms with E-state index in [0.29, 0.717) is 18.6 Å². The molecule has 2 aromatic rings. The molecule has 0 aromatic carbocycles. The van der Waals surface area contributed by atoms with Gasteiger partial charge in [0.05, 0.1) is 21.5 Å². The molecular weight excluding hydrogens is 645 g/mol. The number of ketones is 1. The van der Waals surface area contributed by atoms with Crippen molar-refractivity contribution in [1.82, 2.24) is 0 Å². The van der Waals surface area contributed by atoms with Crippen LogP contribution in [0, 0.1) is 0 Å². The van der Waals surface area contributed by atoms with E-state index in [2.05, 4.69) is 50.1 Å². The molecule has 11 heteroatoms. The second kappa shape index (κ2) is 26.2. The van der Waals surface area contributed by atoms with Crippen molar-refractivity contribution < 1.29 is 18.4 Å². The fourth-order valence-corrected chi connectivity index (χ4v) is 2.68. The molecule has 0 amide bonds. The summed E-state index contributed by atoms with van der Waals surface area (Å²) in [6.07, 6.45) is 12.3. The van der Waals surface area contributed by atoms with Crippen LogP contribution in [0.4, 0.5) is 0 Å². The first-order valence-corrected chi connectivity index (χ1v) is 16.9. The van der Waals surface area contributed by atoms with Crippen molar-refractivity contribution in [3.63, 3.8) is 0 Å². The lowest BCUT2D eigenvalue weighted by atomic mass is 10.1. The van der Waals surface area contributed by atoms with Gasteiger partial charge in [0.1, 0.15) is 6.26 Å². The predicted molar refractivity (Wildman–Crippen MR) is 146 cm³/mol.